The Labute approximate surface area is 124 Å². The van der Waals surface area contributed by atoms with Gasteiger partial charge in [0.15, 0.2) is 5.13 Å². The molecule has 0 bridgehead atoms. The van der Waals surface area contributed by atoms with Gasteiger partial charge in [-0.25, -0.2) is 13.8 Å². The topological polar surface area (TPSA) is 51.2 Å². The summed E-state index contributed by atoms with van der Waals surface area (Å²) in [6.07, 6.45) is 0.602. The molecule has 1 heterocycles. The molecule has 112 valence electrons. The molecule has 1 aromatic carbocycles. The normalized spacial score (nSPS) is 10.4. The van der Waals surface area contributed by atoms with Gasteiger partial charge in [0.1, 0.15) is 11.6 Å². The van der Waals surface area contributed by atoms with E-state index in [9.17, 15) is 13.6 Å². The number of thiazole rings is 1. The second kappa shape index (κ2) is 7.12. The SMILES string of the molecule is COC(=O)Cc1csc(NCCc2cc(F)cc(F)c2)n1. The quantitative estimate of drug-likeness (QED) is 0.833. The van der Waals surface area contributed by atoms with Crippen LogP contribution in [0.1, 0.15) is 11.3 Å². The molecule has 0 saturated heterocycles. The highest BCUT2D eigenvalue weighted by Gasteiger charge is 2.07. The Morgan fingerprint density at radius 3 is 2.71 bits per heavy atom. The maximum atomic E-state index is 13.0. The van der Waals surface area contributed by atoms with Gasteiger partial charge in [0.05, 0.1) is 19.2 Å². The summed E-state index contributed by atoms with van der Waals surface area (Å²) in [6.45, 7) is 0.494. The van der Waals surface area contributed by atoms with Crippen molar-refractivity contribution in [2.75, 3.05) is 19.0 Å². The van der Waals surface area contributed by atoms with Crippen molar-refractivity contribution < 1.29 is 18.3 Å². The standard InChI is InChI=1S/C14H14F2N2O2S/c1-20-13(19)7-12-8-21-14(18-12)17-3-2-9-4-10(15)6-11(16)5-9/h4-6,8H,2-3,7H2,1H3,(H,17,18). The van der Waals surface area contributed by atoms with E-state index in [0.29, 0.717) is 29.4 Å². The highest BCUT2D eigenvalue weighted by Crippen LogP contribution is 2.16. The molecule has 1 aromatic heterocycles. The predicted molar refractivity (Wildman–Crippen MR) is 76.4 cm³/mol. The average molecular weight is 312 g/mol. The second-order valence-electron chi connectivity index (χ2n) is 4.35. The van der Waals surface area contributed by atoms with E-state index in [2.05, 4.69) is 15.0 Å². The van der Waals surface area contributed by atoms with Crippen molar-refractivity contribution in [2.24, 2.45) is 0 Å². The molecule has 0 fully saturated rings. The number of anilines is 1. The first-order valence-corrected chi connectivity index (χ1v) is 7.15. The monoisotopic (exact) mass is 312 g/mol. The molecule has 0 atom stereocenters. The zero-order valence-electron chi connectivity index (χ0n) is 11.4. The number of carbonyl (C=O) groups is 1. The number of methoxy groups -OCH3 is 1. The minimum absolute atomic E-state index is 0.129. The van der Waals surface area contributed by atoms with Crippen LogP contribution in [0.4, 0.5) is 13.9 Å². The number of hydrogen-bond acceptors (Lipinski definition) is 5. The summed E-state index contributed by atoms with van der Waals surface area (Å²) in [5, 5.41) is 5.48. The fourth-order valence-electron chi connectivity index (χ4n) is 1.76. The van der Waals surface area contributed by atoms with Gasteiger partial charge in [0, 0.05) is 18.0 Å². The number of hydrogen-bond donors (Lipinski definition) is 1. The van der Waals surface area contributed by atoms with Crippen molar-refractivity contribution in [3.8, 4) is 0 Å². The van der Waals surface area contributed by atoms with Crippen LogP contribution in [0.3, 0.4) is 0 Å². The van der Waals surface area contributed by atoms with E-state index < -0.39 is 11.6 Å². The number of aromatic nitrogens is 1. The van der Waals surface area contributed by atoms with Crippen molar-refractivity contribution in [2.45, 2.75) is 12.8 Å². The third kappa shape index (κ3) is 4.78. The molecule has 2 rings (SSSR count). The van der Waals surface area contributed by atoms with Crippen LogP contribution in [0.5, 0.6) is 0 Å². The van der Waals surface area contributed by atoms with E-state index in [0.717, 1.165) is 6.07 Å². The molecule has 0 unspecified atom stereocenters. The second-order valence-corrected chi connectivity index (χ2v) is 5.21. The van der Waals surface area contributed by atoms with Gasteiger partial charge in [0.2, 0.25) is 0 Å². The van der Waals surface area contributed by atoms with E-state index in [-0.39, 0.29) is 12.4 Å². The first-order chi connectivity index (χ1) is 10.1. The minimum Gasteiger partial charge on any atom is -0.469 e. The van der Waals surface area contributed by atoms with Gasteiger partial charge in [-0.15, -0.1) is 11.3 Å². The van der Waals surface area contributed by atoms with Gasteiger partial charge in [-0.3, -0.25) is 4.79 Å². The Balaban J connectivity index is 1.84. The summed E-state index contributed by atoms with van der Waals surface area (Å²) >= 11 is 1.37. The summed E-state index contributed by atoms with van der Waals surface area (Å²) in [7, 11) is 1.33. The fraction of sp³-hybridized carbons (Fsp3) is 0.286. The lowest BCUT2D eigenvalue weighted by Crippen LogP contribution is -2.07. The summed E-state index contributed by atoms with van der Waals surface area (Å²) < 4.78 is 30.6. The molecule has 21 heavy (non-hydrogen) atoms. The average Bonchev–Trinajstić information content (AvgIpc) is 2.85. The maximum absolute atomic E-state index is 13.0. The zero-order chi connectivity index (χ0) is 15.2. The molecule has 0 radical (unpaired) electrons. The Morgan fingerprint density at radius 1 is 1.33 bits per heavy atom. The third-order valence-electron chi connectivity index (χ3n) is 2.72. The van der Waals surface area contributed by atoms with Crippen LogP contribution >= 0.6 is 11.3 Å². The van der Waals surface area contributed by atoms with E-state index >= 15 is 0 Å². The van der Waals surface area contributed by atoms with Crippen molar-refractivity contribution >= 4 is 22.4 Å². The number of nitrogens with zero attached hydrogens (tertiary/aromatic N) is 1. The van der Waals surface area contributed by atoms with Gasteiger partial charge >= 0.3 is 5.97 Å². The lowest BCUT2D eigenvalue weighted by Gasteiger charge is -2.03. The summed E-state index contributed by atoms with van der Waals surface area (Å²) in [4.78, 5) is 15.3. The van der Waals surface area contributed by atoms with Crippen molar-refractivity contribution in [3.63, 3.8) is 0 Å². The largest absolute Gasteiger partial charge is 0.469 e. The Bertz CT molecular complexity index is 611. The van der Waals surface area contributed by atoms with Gasteiger partial charge < -0.3 is 10.1 Å². The molecule has 0 amide bonds. The van der Waals surface area contributed by atoms with Gasteiger partial charge in [-0.05, 0) is 24.1 Å². The molecule has 1 N–H and O–H groups in total. The highest BCUT2D eigenvalue weighted by atomic mass is 32.1. The van der Waals surface area contributed by atoms with E-state index in [1.54, 1.807) is 5.38 Å². The molecule has 0 aliphatic carbocycles. The van der Waals surface area contributed by atoms with E-state index in [1.165, 1.54) is 30.6 Å². The van der Waals surface area contributed by atoms with Crippen LogP contribution in [0.2, 0.25) is 0 Å². The van der Waals surface area contributed by atoms with Gasteiger partial charge in [0.25, 0.3) is 0 Å². The molecule has 0 spiro atoms. The number of benzene rings is 1. The maximum Gasteiger partial charge on any atom is 0.311 e. The van der Waals surface area contributed by atoms with Crippen molar-refractivity contribution in [1.82, 2.24) is 4.98 Å². The third-order valence-corrected chi connectivity index (χ3v) is 3.57. The Morgan fingerprint density at radius 2 is 2.05 bits per heavy atom. The molecule has 7 heteroatoms. The molecule has 2 aromatic rings. The zero-order valence-corrected chi connectivity index (χ0v) is 12.2. The van der Waals surface area contributed by atoms with Crippen LogP contribution in [0.15, 0.2) is 23.6 Å². The molecule has 0 aliphatic rings. The summed E-state index contributed by atoms with van der Waals surface area (Å²) in [6, 6.07) is 3.45. The first kappa shape index (κ1) is 15.4. The van der Waals surface area contributed by atoms with Gasteiger partial charge in [-0.2, -0.15) is 0 Å². The Kier molecular flexibility index (Phi) is 5.21. The number of esters is 1. The molecule has 0 saturated carbocycles. The van der Waals surface area contributed by atoms with Crippen molar-refractivity contribution in [3.05, 3.63) is 46.5 Å². The molecular weight excluding hydrogens is 298 g/mol. The number of nitrogens with one attached hydrogen (secondary N) is 1. The molecular formula is C14H14F2N2O2S. The smallest absolute Gasteiger partial charge is 0.311 e. The van der Waals surface area contributed by atoms with Crippen LogP contribution in [0.25, 0.3) is 0 Å². The van der Waals surface area contributed by atoms with Crippen LogP contribution in [0, 0.1) is 11.6 Å². The van der Waals surface area contributed by atoms with Crippen LogP contribution in [-0.4, -0.2) is 24.6 Å². The number of halogens is 2. The summed E-state index contributed by atoms with van der Waals surface area (Å²) in [5.41, 5.74) is 1.21. The molecule has 4 nitrogen and oxygen atoms in total. The lowest BCUT2D eigenvalue weighted by molar-refractivity contribution is -0.139. The predicted octanol–water partition coefficient (Wildman–Crippen LogP) is 2.79. The lowest BCUT2D eigenvalue weighted by atomic mass is 10.1. The summed E-state index contributed by atoms with van der Waals surface area (Å²) in [5.74, 6) is -1.51. The van der Waals surface area contributed by atoms with Gasteiger partial charge in [-0.1, -0.05) is 0 Å². The fourth-order valence-corrected chi connectivity index (χ4v) is 2.50. The van der Waals surface area contributed by atoms with Crippen molar-refractivity contribution in [1.29, 1.82) is 0 Å². The molecule has 0 aliphatic heterocycles. The number of carbonyl (C=O) groups excluding carboxylic acids is 1. The van der Waals surface area contributed by atoms with E-state index in [1.807, 2.05) is 0 Å². The first-order valence-electron chi connectivity index (χ1n) is 6.27. The number of ether oxygens (including phenoxy) is 1. The Hall–Kier alpha value is -2.02. The van der Waals surface area contributed by atoms with Crippen LogP contribution in [-0.2, 0) is 22.4 Å². The number of rotatable bonds is 6. The van der Waals surface area contributed by atoms with E-state index in [4.69, 9.17) is 0 Å². The minimum atomic E-state index is -0.584. The highest BCUT2D eigenvalue weighted by molar-refractivity contribution is 7.13. The van der Waals surface area contributed by atoms with Crippen LogP contribution < -0.4 is 5.32 Å².